The third kappa shape index (κ3) is 3.42. The average molecular weight is 315 g/mol. The molecule has 0 bridgehead atoms. The Labute approximate surface area is 125 Å². The molecule has 1 aromatic rings. The Morgan fingerprint density at radius 3 is 2.71 bits per heavy atom. The van der Waals surface area contributed by atoms with E-state index in [0.717, 1.165) is 0 Å². The Bertz CT molecular complexity index is 606. The van der Waals surface area contributed by atoms with Crippen molar-refractivity contribution in [2.75, 3.05) is 33.7 Å². The van der Waals surface area contributed by atoms with Gasteiger partial charge in [-0.25, -0.2) is 12.8 Å². The molecule has 1 atom stereocenters. The molecule has 1 aliphatic heterocycles. The van der Waals surface area contributed by atoms with E-state index in [0.29, 0.717) is 31.7 Å². The lowest BCUT2D eigenvalue weighted by Gasteiger charge is -2.36. The van der Waals surface area contributed by atoms with E-state index in [-0.39, 0.29) is 10.9 Å². The van der Waals surface area contributed by atoms with Crippen LogP contribution in [0.4, 0.5) is 4.39 Å². The number of nitrogens with one attached hydrogen (secondary N) is 1. The van der Waals surface area contributed by atoms with E-state index in [1.54, 1.807) is 7.05 Å². The molecule has 7 heteroatoms. The zero-order valence-corrected chi connectivity index (χ0v) is 13.5. The topological polar surface area (TPSA) is 52.7 Å². The van der Waals surface area contributed by atoms with Crippen molar-refractivity contribution in [1.29, 1.82) is 0 Å². The molecule has 1 fully saturated rings. The van der Waals surface area contributed by atoms with Crippen LogP contribution in [0.3, 0.4) is 0 Å². The minimum Gasteiger partial charge on any atom is -0.316 e. The van der Waals surface area contributed by atoms with E-state index in [4.69, 9.17) is 0 Å². The largest absolute Gasteiger partial charge is 0.316 e. The summed E-state index contributed by atoms with van der Waals surface area (Å²) in [6, 6.07) is 4.15. The van der Waals surface area contributed by atoms with Crippen LogP contribution in [-0.4, -0.2) is 57.4 Å². The summed E-state index contributed by atoms with van der Waals surface area (Å²) in [5, 5.41) is 2.84. The van der Waals surface area contributed by atoms with Gasteiger partial charge in [0.1, 0.15) is 5.82 Å². The van der Waals surface area contributed by atoms with E-state index in [2.05, 4.69) is 10.2 Å². The molecule has 0 amide bonds. The quantitative estimate of drug-likeness (QED) is 0.896. The van der Waals surface area contributed by atoms with Gasteiger partial charge in [-0.1, -0.05) is 0 Å². The summed E-state index contributed by atoms with van der Waals surface area (Å²) >= 11 is 0. The zero-order chi connectivity index (χ0) is 15.6. The van der Waals surface area contributed by atoms with E-state index >= 15 is 0 Å². The molecule has 0 aromatic heterocycles. The van der Waals surface area contributed by atoms with Crippen LogP contribution in [0, 0.1) is 5.82 Å². The summed E-state index contributed by atoms with van der Waals surface area (Å²) < 4.78 is 40.5. The number of nitrogens with zero attached hydrogens (tertiary/aromatic N) is 2. The first-order valence-corrected chi connectivity index (χ1v) is 8.43. The lowest BCUT2D eigenvalue weighted by atomic mass is 10.2. The van der Waals surface area contributed by atoms with Gasteiger partial charge in [0.15, 0.2) is 0 Å². The van der Waals surface area contributed by atoms with Crippen LogP contribution in [0.5, 0.6) is 0 Å². The monoisotopic (exact) mass is 315 g/mol. The Hall–Kier alpha value is -1.02. The van der Waals surface area contributed by atoms with Crippen molar-refractivity contribution < 1.29 is 12.8 Å². The third-order valence-corrected chi connectivity index (χ3v) is 5.81. The predicted octanol–water partition coefficient (Wildman–Crippen LogP) is 0.870. The highest BCUT2D eigenvalue weighted by molar-refractivity contribution is 7.89. The van der Waals surface area contributed by atoms with Crippen molar-refractivity contribution in [3.8, 4) is 0 Å². The number of hydrogen-bond acceptors (Lipinski definition) is 4. The molecular formula is C14H22FN3O2S. The summed E-state index contributed by atoms with van der Waals surface area (Å²) in [5.41, 5.74) is 0.362. The molecule has 1 saturated heterocycles. The van der Waals surface area contributed by atoms with Crippen molar-refractivity contribution in [1.82, 2.24) is 14.5 Å². The fraction of sp³-hybridized carbons (Fsp3) is 0.571. The van der Waals surface area contributed by atoms with Crippen LogP contribution in [0.25, 0.3) is 0 Å². The molecule has 118 valence electrons. The van der Waals surface area contributed by atoms with Gasteiger partial charge < -0.3 is 10.2 Å². The molecule has 0 aliphatic carbocycles. The van der Waals surface area contributed by atoms with Crippen molar-refractivity contribution in [2.45, 2.75) is 24.4 Å². The Kier molecular flexibility index (Phi) is 4.98. The van der Waals surface area contributed by atoms with Gasteiger partial charge in [0.25, 0.3) is 0 Å². The smallest absolute Gasteiger partial charge is 0.243 e. The third-order valence-electron chi connectivity index (χ3n) is 3.94. The lowest BCUT2D eigenvalue weighted by molar-refractivity contribution is 0.159. The van der Waals surface area contributed by atoms with Crippen molar-refractivity contribution in [3.05, 3.63) is 29.6 Å². The van der Waals surface area contributed by atoms with Crippen LogP contribution < -0.4 is 5.32 Å². The summed E-state index contributed by atoms with van der Waals surface area (Å²) in [5.74, 6) is -0.393. The summed E-state index contributed by atoms with van der Waals surface area (Å²) in [4.78, 5) is 2.29. The Morgan fingerprint density at radius 2 is 2.10 bits per heavy atom. The number of piperazine rings is 1. The molecule has 0 saturated carbocycles. The molecular weight excluding hydrogens is 293 g/mol. The van der Waals surface area contributed by atoms with Crippen molar-refractivity contribution in [2.24, 2.45) is 0 Å². The standard InChI is InChI=1S/C14H22FN3O2S/c1-11-10-18(7-6-17(11)3)21(19,20)13-4-5-14(15)12(8-13)9-16-2/h4-5,8,11,16H,6-7,9-10H2,1-3H3. The van der Waals surface area contributed by atoms with Crippen LogP contribution in [0.1, 0.15) is 12.5 Å². The van der Waals surface area contributed by atoms with E-state index in [9.17, 15) is 12.8 Å². The van der Waals surface area contributed by atoms with Gasteiger partial charge in [0.2, 0.25) is 10.0 Å². The molecule has 1 unspecified atom stereocenters. The molecule has 1 N–H and O–H groups in total. The minimum absolute atomic E-state index is 0.158. The highest BCUT2D eigenvalue weighted by Gasteiger charge is 2.31. The molecule has 1 aromatic carbocycles. The second-order valence-corrected chi connectivity index (χ2v) is 7.41. The zero-order valence-electron chi connectivity index (χ0n) is 12.6. The normalized spacial score (nSPS) is 21.6. The number of hydrogen-bond donors (Lipinski definition) is 1. The Balaban J connectivity index is 2.29. The van der Waals surface area contributed by atoms with Gasteiger partial charge in [-0.3, -0.25) is 0 Å². The first kappa shape index (κ1) is 16.4. The number of benzene rings is 1. The van der Waals surface area contributed by atoms with Crippen LogP contribution >= 0.6 is 0 Å². The number of likely N-dealkylation sites (N-methyl/N-ethyl adjacent to an activating group) is 1. The molecule has 0 spiro atoms. The van der Waals surface area contributed by atoms with Gasteiger partial charge in [0, 0.05) is 37.8 Å². The van der Waals surface area contributed by atoms with Gasteiger partial charge in [-0.05, 0) is 39.2 Å². The first-order valence-electron chi connectivity index (χ1n) is 6.99. The number of halogens is 1. The highest BCUT2D eigenvalue weighted by Crippen LogP contribution is 2.21. The molecule has 0 radical (unpaired) electrons. The summed E-state index contributed by atoms with van der Waals surface area (Å²) in [6.45, 7) is 3.91. The van der Waals surface area contributed by atoms with Crippen LogP contribution in [-0.2, 0) is 16.6 Å². The van der Waals surface area contributed by atoms with Crippen LogP contribution in [0.15, 0.2) is 23.1 Å². The SMILES string of the molecule is CNCc1cc(S(=O)(=O)N2CCN(C)C(C)C2)ccc1F. The molecule has 21 heavy (non-hydrogen) atoms. The van der Waals surface area contributed by atoms with Gasteiger partial charge in [0.05, 0.1) is 4.90 Å². The summed E-state index contributed by atoms with van der Waals surface area (Å²) in [6.07, 6.45) is 0. The molecule has 2 rings (SSSR count). The maximum Gasteiger partial charge on any atom is 0.243 e. The molecule has 1 aliphatic rings. The van der Waals surface area contributed by atoms with Gasteiger partial charge >= 0.3 is 0 Å². The first-order chi connectivity index (χ1) is 9.86. The summed E-state index contributed by atoms with van der Waals surface area (Å²) in [7, 11) is 0.117. The number of sulfonamides is 1. The van der Waals surface area contributed by atoms with Crippen molar-refractivity contribution >= 4 is 10.0 Å². The second kappa shape index (κ2) is 6.39. The second-order valence-electron chi connectivity index (χ2n) is 5.48. The fourth-order valence-corrected chi connectivity index (χ4v) is 3.98. The van der Waals surface area contributed by atoms with E-state index < -0.39 is 15.8 Å². The Morgan fingerprint density at radius 1 is 1.38 bits per heavy atom. The van der Waals surface area contributed by atoms with Gasteiger partial charge in [-0.15, -0.1) is 0 Å². The predicted molar refractivity (Wildman–Crippen MR) is 80.0 cm³/mol. The number of rotatable bonds is 4. The van der Waals surface area contributed by atoms with E-state index in [1.165, 1.54) is 22.5 Å². The highest BCUT2D eigenvalue weighted by atomic mass is 32.2. The molecule has 1 heterocycles. The maximum absolute atomic E-state index is 13.6. The molecule has 5 nitrogen and oxygen atoms in total. The van der Waals surface area contributed by atoms with Gasteiger partial charge in [-0.2, -0.15) is 4.31 Å². The van der Waals surface area contributed by atoms with Crippen molar-refractivity contribution in [3.63, 3.8) is 0 Å². The van der Waals surface area contributed by atoms with E-state index in [1.807, 2.05) is 14.0 Å². The maximum atomic E-state index is 13.6. The average Bonchev–Trinajstić information content (AvgIpc) is 2.44. The fourth-order valence-electron chi connectivity index (χ4n) is 2.42. The minimum atomic E-state index is -3.56. The van der Waals surface area contributed by atoms with Crippen LogP contribution in [0.2, 0.25) is 0 Å². The lowest BCUT2D eigenvalue weighted by Crippen LogP contribution is -2.51.